The van der Waals surface area contributed by atoms with E-state index in [-0.39, 0.29) is 30.0 Å². The molecule has 0 saturated heterocycles. The maximum atomic E-state index is 12.4. The van der Waals surface area contributed by atoms with Crippen LogP contribution in [0.3, 0.4) is 0 Å². The first-order valence-electron chi connectivity index (χ1n) is 7.66. The lowest BCUT2D eigenvalue weighted by Gasteiger charge is -2.13. The van der Waals surface area contributed by atoms with Crippen molar-refractivity contribution in [3.05, 3.63) is 65.7 Å². The fourth-order valence-corrected chi connectivity index (χ4v) is 2.73. The van der Waals surface area contributed by atoms with E-state index in [0.717, 1.165) is 12.7 Å². The van der Waals surface area contributed by atoms with Gasteiger partial charge in [-0.2, -0.15) is 8.42 Å². The van der Waals surface area contributed by atoms with Crippen LogP contribution in [0.2, 0.25) is 0 Å². The summed E-state index contributed by atoms with van der Waals surface area (Å²) in [5.74, 6) is 0.146. The second-order valence-corrected chi connectivity index (χ2v) is 7.16. The minimum Gasteiger partial charge on any atom is -0.383 e. The smallest absolute Gasteiger partial charge is 0.306 e. The van der Waals surface area contributed by atoms with Gasteiger partial charge < -0.3 is 9.50 Å². The molecule has 2 rings (SSSR count). The van der Waals surface area contributed by atoms with E-state index >= 15 is 0 Å². The van der Waals surface area contributed by atoms with Crippen LogP contribution in [-0.4, -0.2) is 33.0 Å². The highest BCUT2D eigenvalue weighted by Crippen LogP contribution is 2.15. The summed E-state index contributed by atoms with van der Waals surface area (Å²) in [6.45, 7) is 2.51. The monoisotopic (exact) mass is 383 g/mol. The number of nitrogens with one attached hydrogen (secondary N) is 1. The van der Waals surface area contributed by atoms with Gasteiger partial charge in [0.1, 0.15) is 5.75 Å². The van der Waals surface area contributed by atoms with E-state index < -0.39 is 10.1 Å². The average Bonchev–Trinajstić information content (AvgIpc) is 2.54. The van der Waals surface area contributed by atoms with Crippen LogP contribution in [0.1, 0.15) is 22.8 Å². The summed E-state index contributed by atoms with van der Waals surface area (Å²) in [5.41, 5.74) is 1.72. The van der Waals surface area contributed by atoms with Crippen LogP contribution in [0.5, 0.6) is 5.75 Å². The first kappa shape index (κ1) is 21.2. The van der Waals surface area contributed by atoms with Gasteiger partial charge in [-0.05, 0) is 49.7 Å². The lowest BCUT2D eigenvalue weighted by molar-refractivity contribution is 0.0951. The molecule has 1 atom stereocenters. The molecule has 136 valence electrons. The Hall–Kier alpha value is -1.89. The Morgan fingerprint density at radius 3 is 2.24 bits per heavy atom. The molecule has 0 aliphatic rings. The summed E-state index contributed by atoms with van der Waals surface area (Å²) in [6.07, 6.45) is 1.82. The molecule has 0 unspecified atom stereocenters. The van der Waals surface area contributed by atoms with Crippen molar-refractivity contribution in [1.29, 1.82) is 0 Å². The zero-order valence-electron chi connectivity index (χ0n) is 14.1. The Morgan fingerprint density at radius 2 is 1.68 bits per heavy atom. The zero-order chi connectivity index (χ0) is 17.6. The second-order valence-electron chi connectivity index (χ2n) is 5.59. The molecular formula is C18H22ClNO4S. The minimum absolute atomic E-state index is 0. The Morgan fingerprint density at radius 1 is 1.08 bits per heavy atom. The molecule has 0 spiro atoms. The maximum Gasteiger partial charge on any atom is 0.306 e. The number of halogens is 1. The van der Waals surface area contributed by atoms with Crippen molar-refractivity contribution in [2.45, 2.75) is 19.4 Å². The van der Waals surface area contributed by atoms with Crippen molar-refractivity contribution >= 4 is 28.3 Å². The van der Waals surface area contributed by atoms with Crippen LogP contribution in [0, 0.1) is 0 Å². The van der Waals surface area contributed by atoms with Crippen molar-refractivity contribution in [2.24, 2.45) is 0 Å². The molecule has 0 amide bonds. The van der Waals surface area contributed by atoms with E-state index in [2.05, 4.69) is 17.4 Å². The molecule has 0 bridgehead atoms. The summed E-state index contributed by atoms with van der Waals surface area (Å²) < 4.78 is 26.9. The van der Waals surface area contributed by atoms with Crippen LogP contribution in [0.25, 0.3) is 0 Å². The highest BCUT2D eigenvalue weighted by molar-refractivity contribution is 7.86. The van der Waals surface area contributed by atoms with Crippen molar-refractivity contribution in [2.75, 3.05) is 12.8 Å². The number of carbonyl (C=O) groups is 1. The van der Waals surface area contributed by atoms with Crippen LogP contribution in [0.4, 0.5) is 0 Å². The first-order valence-corrected chi connectivity index (χ1v) is 9.48. The van der Waals surface area contributed by atoms with Crippen molar-refractivity contribution in [3.63, 3.8) is 0 Å². The van der Waals surface area contributed by atoms with E-state index in [1.54, 1.807) is 12.1 Å². The Bertz CT molecular complexity index is 776. The van der Waals surface area contributed by atoms with E-state index in [9.17, 15) is 13.2 Å². The van der Waals surface area contributed by atoms with Crippen LogP contribution >= 0.6 is 12.4 Å². The molecule has 0 aliphatic carbocycles. The van der Waals surface area contributed by atoms with Gasteiger partial charge >= 0.3 is 10.1 Å². The summed E-state index contributed by atoms with van der Waals surface area (Å²) in [6, 6.07) is 15.8. The summed E-state index contributed by atoms with van der Waals surface area (Å²) in [7, 11) is -3.56. The van der Waals surface area contributed by atoms with Gasteiger partial charge in [-0.1, -0.05) is 30.3 Å². The van der Waals surface area contributed by atoms with Crippen LogP contribution in [0.15, 0.2) is 54.6 Å². The molecule has 1 N–H and O–H groups in total. The van der Waals surface area contributed by atoms with Crippen molar-refractivity contribution in [3.8, 4) is 5.75 Å². The highest BCUT2D eigenvalue weighted by Gasteiger charge is 2.15. The standard InChI is InChI=1S/C18H21NO4S.ClH/c1-14(19-13-12-15-6-4-3-5-7-15)18(20)16-8-10-17(11-9-16)23-24(2,21)22;/h3-11,14,19H,12-13H2,1-2H3;1H/t14-;/m0./s1. The van der Waals surface area contributed by atoms with E-state index in [1.165, 1.54) is 17.7 Å². The summed E-state index contributed by atoms with van der Waals surface area (Å²) >= 11 is 0. The number of hydrogen-bond acceptors (Lipinski definition) is 5. The lowest BCUT2D eigenvalue weighted by Crippen LogP contribution is -2.35. The van der Waals surface area contributed by atoms with E-state index in [4.69, 9.17) is 4.18 Å². The van der Waals surface area contributed by atoms with Gasteiger partial charge in [-0.25, -0.2) is 0 Å². The van der Waals surface area contributed by atoms with Gasteiger partial charge in [-0.15, -0.1) is 12.4 Å². The summed E-state index contributed by atoms with van der Waals surface area (Å²) in [5, 5.41) is 3.21. The topological polar surface area (TPSA) is 72.5 Å². The van der Waals surface area contributed by atoms with Crippen LogP contribution in [-0.2, 0) is 16.5 Å². The zero-order valence-corrected chi connectivity index (χ0v) is 15.8. The molecular weight excluding hydrogens is 362 g/mol. The molecule has 2 aromatic rings. The normalized spacial score (nSPS) is 12.1. The molecule has 0 saturated carbocycles. The number of Topliss-reactive ketones (excluding diaryl/α,β-unsaturated/α-hetero) is 1. The number of ketones is 1. The number of rotatable bonds is 8. The van der Waals surface area contributed by atoms with E-state index in [1.807, 2.05) is 25.1 Å². The molecule has 0 aliphatic heterocycles. The maximum absolute atomic E-state index is 12.4. The minimum atomic E-state index is -3.56. The number of hydrogen-bond donors (Lipinski definition) is 1. The number of carbonyl (C=O) groups excluding carboxylic acids is 1. The quantitative estimate of drug-likeness (QED) is 0.560. The Labute approximate surface area is 154 Å². The van der Waals surface area contributed by atoms with Gasteiger partial charge in [0.2, 0.25) is 0 Å². The predicted molar refractivity (Wildman–Crippen MR) is 101 cm³/mol. The van der Waals surface area contributed by atoms with Crippen molar-refractivity contribution in [1.82, 2.24) is 5.32 Å². The van der Waals surface area contributed by atoms with Gasteiger partial charge in [0.05, 0.1) is 12.3 Å². The van der Waals surface area contributed by atoms with E-state index in [0.29, 0.717) is 12.1 Å². The molecule has 0 radical (unpaired) electrons. The third-order valence-electron chi connectivity index (χ3n) is 3.49. The third-order valence-corrected chi connectivity index (χ3v) is 3.98. The molecule has 2 aromatic carbocycles. The molecule has 5 nitrogen and oxygen atoms in total. The largest absolute Gasteiger partial charge is 0.383 e. The molecule has 0 fully saturated rings. The average molecular weight is 384 g/mol. The highest BCUT2D eigenvalue weighted by atomic mass is 35.5. The van der Waals surface area contributed by atoms with Crippen LogP contribution < -0.4 is 9.50 Å². The molecule has 0 aromatic heterocycles. The molecule has 0 heterocycles. The van der Waals surface area contributed by atoms with Gasteiger partial charge in [0.15, 0.2) is 5.78 Å². The first-order chi connectivity index (χ1) is 11.3. The predicted octanol–water partition coefficient (Wildman–Crippen LogP) is 2.85. The summed E-state index contributed by atoms with van der Waals surface area (Å²) in [4.78, 5) is 12.4. The molecule has 7 heteroatoms. The second kappa shape index (κ2) is 9.56. The fourth-order valence-electron chi connectivity index (χ4n) is 2.27. The fraction of sp³-hybridized carbons (Fsp3) is 0.278. The van der Waals surface area contributed by atoms with Crippen molar-refractivity contribution < 1.29 is 17.4 Å². The van der Waals surface area contributed by atoms with Gasteiger partial charge in [0.25, 0.3) is 0 Å². The Kier molecular flexibility index (Phi) is 8.09. The van der Waals surface area contributed by atoms with Gasteiger partial charge in [-0.3, -0.25) is 4.79 Å². The SMILES string of the molecule is C[C@H](NCCc1ccccc1)C(=O)c1ccc(OS(C)(=O)=O)cc1.Cl. The van der Waals surface area contributed by atoms with Gasteiger partial charge in [0, 0.05) is 5.56 Å². The number of benzene rings is 2. The lowest BCUT2D eigenvalue weighted by atomic mass is 10.0. The Balaban J connectivity index is 0.00000312. The third kappa shape index (κ3) is 7.25. The molecule has 25 heavy (non-hydrogen) atoms.